The normalized spacial score (nSPS) is 11.5. The Hall–Kier alpha value is -2.82. The number of alkyl halides is 3. The molecule has 232 valence electrons. The van der Waals surface area contributed by atoms with E-state index < -0.39 is 19.8 Å². The summed E-state index contributed by atoms with van der Waals surface area (Å²) < 4.78 is 45.8. The molecular weight excluding hydrogens is 660 g/mol. The van der Waals surface area contributed by atoms with E-state index in [2.05, 4.69) is 0 Å². The van der Waals surface area contributed by atoms with Crippen LogP contribution in [0.5, 0.6) is 23.0 Å². The van der Waals surface area contributed by atoms with Gasteiger partial charge in [-0.1, -0.05) is 87.9 Å². The third-order valence-electron chi connectivity index (χ3n) is 6.18. The maximum atomic E-state index is 13.0. The monoisotopic (exact) mass is 689 g/mol. The van der Waals surface area contributed by atoms with Crippen molar-refractivity contribution in [3.8, 4) is 45.3 Å². The average molecular weight is 691 g/mol. The molecule has 0 aromatic heterocycles. The Morgan fingerprint density at radius 2 is 1.51 bits per heavy atom. The number of ether oxygens (including phenoxy) is 3. The molecule has 0 saturated carbocycles. The summed E-state index contributed by atoms with van der Waals surface area (Å²) in [6.07, 6.45) is 2.76. The van der Waals surface area contributed by atoms with Crippen molar-refractivity contribution in [3.05, 3.63) is 64.7 Å². The van der Waals surface area contributed by atoms with Crippen LogP contribution in [0.25, 0.3) is 22.3 Å². The highest BCUT2D eigenvalue weighted by Gasteiger charge is 2.36. The number of nitrogens with zero attached hydrogens (tertiary/aromatic N) is 1. The van der Waals surface area contributed by atoms with Crippen molar-refractivity contribution in [2.45, 2.75) is 24.6 Å². The lowest BCUT2D eigenvalue weighted by atomic mass is 9.95. The second-order valence-corrected chi connectivity index (χ2v) is 14.0. The minimum Gasteiger partial charge on any atom is -0.494 e. The molecule has 13 heteroatoms. The zero-order valence-electron chi connectivity index (χ0n) is 24.6. The lowest BCUT2D eigenvalue weighted by Gasteiger charge is -2.26. The molecule has 3 aromatic rings. The molecule has 0 saturated heterocycles. The average Bonchev–Trinajstić information content (AvgIpc) is 2.92. The summed E-state index contributed by atoms with van der Waals surface area (Å²) in [5.74, 6) is -0.611. The number of aryl methyl sites for hydroxylation is 1. The van der Waals surface area contributed by atoms with Crippen LogP contribution in [0.3, 0.4) is 0 Å². The van der Waals surface area contributed by atoms with Gasteiger partial charge in [-0.05, 0) is 50.1 Å². The molecule has 0 atom stereocenters. The number of hydrogen-bond acceptors (Lipinski definition) is 7. The van der Waals surface area contributed by atoms with E-state index in [9.17, 15) is 13.2 Å². The van der Waals surface area contributed by atoms with Crippen molar-refractivity contribution in [2.24, 2.45) is 0 Å². The maximum absolute atomic E-state index is 13.0. The Balaban J connectivity index is 2.43. The quantitative estimate of drug-likeness (QED) is 0.121. The molecule has 8 nitrogen and oxygen atoms in total. The van der Waals surface area contributed by atoms with Crippen LogP contribution in [0.2, 0.25) is 5.02 Å². The molecule has 0 unspecified atom stereocenters. The highest BCUT2D eigenvalue weighted by molar-refractivity contribution is 7.86. The Morgan fingerprint density at radius 1 is 0.930 bits per heavy atom. The number of hydrogen-bond donors (Lipinski definition) is 0. The molecule has 3 aromatic carbocycles. The van der Waals surface area contributed by atoms with Gasteiger partial charge in [-0.3, -0.25) is 4.79 Å². The molecule has 0 bridgehead atoms. The van der Waals surface area contributed by atoms with Crippen LogP contribution in [0.1, 0.15) is 19.4 Å². The second kappa shape index (κ2) is 13.9. The molecule has 0 aliphatic rings. The molecule has 0 aliphatic heterocycles. The zero-order valence-corrected chi connectivity index (χ0v) is 28.4. The molecule has 43 heavy (non-hydrogen) atoms. The van der Waals surface area contributed by atoms with Gasteiger partial charge in [-0.15, -0.1) is 0 Å². The van der Waals surface area contributed by atoms with Crippen molar-refractivity contribution in [2.75, 3.05) is 39.0 Å². The van der Waals surface area contributed by atoms with Gasteiger partial charge >= 0.3 is 10.1 Å². The Morgan fingerprint density at radius 3 is 2.02 bits per heavy atom. The van der Waals surface area contributed by atoms with E-state index in [1.165, 1.54) is 21.3 Å². The topological polar surface area (TPSA) is 91.4 Å². The number of benzene rings is 3. The van der Waals surface area contributed by atoms with Gasteiger partial charge in [0.25, 0.3) is 9.70 Å². The summed E-state index contributed by atoms with van der Waals surface area (Å²) in [6.45, 7) is 5.96. The van der Waals surface area contributed by atoms with Crippen LogP contribution in [0.15, 0.2) is 54.1 Å². The number of carbonyl (C=O) groups excluding carboxylic acids is 1. The highest BCUT2D eigenvalue weighted by atomic mass is 35.6. The lowest BCUT2D eigenvalue weighted by Crippen LogP contribution is -2.36. The van der Waals surface area contributed by atoms with Crippen LogP contribution < -0.4 is 23.3 Å². The van der Waals surface area contributed by atoms with Gasteiger partial charge in [0.05, 0.1) is 42.3 Å². The number of amides is 1. The summed E-state index contributed by atoms with van der Waals surface area (Å²) in [6, 6.07) is 12.1. The van der Waals surface area contributed by atoms with E-state index >= 15 is 0 Å². The van der Waals surface area contributed by atoms with E-state index in [1.807, 2.05) is 51.1 Å². The van der Waals surface area contributed by atoms with Crippen molar-refractivity contribution in [3.63, 3.8) is 0 Å². The Bertz CT molecular complexity index is 1650. The summed E-state index contributed by atoms with van der Waals surface area (Å²) >= 11 is 24.7. The number of halogens is 4. The summed E-state index contributed by atoms with van der Waals surface area (Å²) in [4.78, 5) is 14.1. The third-order valence-corrected chi connectivity index (χ3v) is 7.49. The van der Waals surface area contributed by atoms with Crippen LogP contribution in [-0.4, -0.2) is 52.2 Å². The van der Waals surface area contributed by atoms with Crippen molar-refractivity contribution in [1.29, 1.82) is 0 Å². The van der Waals surface area contributed by atoms with E-state index in [4.69, 9.17) is 64.8 Å². The van der Waals surface area contributed by atoms with Crippen molar-refractivity contribution < 1.29 is 31.6 Å². The number of allylic oxidation sites excluding steroid dienone is 1. The standard InChI is InChI=1S/C30H31Cl4NO7S/c1-17(2)14-15-41-22-13-12-20(16-21(22)35(4)29(36)30(32,33)34)24-26(39-5)25(31)23(19-10-8-18(3)9-11-19)27(40-6)28(24)42-43(7,37)38/h8-14,16H,15H2,1-7H3. The van der Waals surface area contributed by atoms with Gasteiger partial charge in [0.1, 0.15) is 18.1 Å². The minimum absolute atomic E-state index is 0.0474. The van der Waals surface area contributed by atoms with Crippen LogP contribution in [0, 0.1) is 6.92 Å². The summed E-state index contributed by atoms with van der Waals surface area (Å²) in [5.41, 5.74) is 3.69. The Kier molecular flexibility index (Phi) is 11.2. The van der Waals surface area contributed by atoms with Crippen molar-refractivity contribution >= 4 is 68.1 Å². The Labute approximate surface area is 272 Å². The van der Waals surface area contributed by atoms with Crippen LogP contribution in [0.4, 0.5) is 5.69 Å². The van der Waals surface area contributed by atoms with Gasteiger partial charge in [0.15, 0.2) is 11.5 Å². The molecule has 0 spiro atoms. The SMILES string of the molecule is COc1c(OS(C)(=O)=O)c(-c2ccc(OCC=C(C)C)c(N(C)C(=O)C(Cl)(Cl)Cl)c2)c(OC)c(Cl)c1-c1ccc(C)cc1. The third kappa shape index (κ3) is 8.22. The second-order valence-electron chi connectivity index (χ2n) is 9.75. The first kappa shape index (κ1) is 34.7. The largest absolute Gasteiger partial charge is 0.494 e. The molecule has 0 fully saturated rings. The molecule has 0 aliphatic carbocycles. The number of rotatable bonds is 10. The number of carbonyl (C=O) groups is 1. The predicted octanol–water partition coefficient (Wildman–Crippen LogP) is 8.02. The number of anilines is 1. The lowest BCUT2D eigenvalue weighted by molar-refractivity contribution is -0.117. The van der Waals surface area contributed by atoms with E-state index in [-0.39, 0.29) is 45.9 Å². The first-order valence-electron chi connectivity index (χ1n) is 12.7. The maximum Gasteiger partial charge on any atom is 0.306 e. The highest BCUT2D eigenvalue weighted by Crippen LogP contribution is 2.56. The van der Waals surface area contributed by atoms with E-state index in [1.54, 1.807) is 18.2 Å². The molecule has 1 amide bonds. The fourth-order valence-electron chi connectivity index (χ4n) is 4.17. The summed E-state index contributed by atoms with van der Waals surface area (Å²) in [7, 11) is 0.0694. The predicted molar refractivity (Wildman–Crippen MR) is 174 cm³/mol. The fraction of sp³-hybridized carbons (Fsp3) is 0.300. The summed E-state index contributed by atoms with van der Waals surface area (Å²) in [5, 5.41) is 0.134. The van der Waals surface area contributed by atoms with Gasteiger partial charge in [0, 0.05) is 7.05 Å². The zero-order chi connectivity index (χ0) is 32.3. The first-order chi connectivity index (χ1) is 20.0. The van der Waals surface area contributed by atoms with E-state index in [0.717, 1.165) is 22.3 Å². The number of methoxy groups -OCH3 is 2. The van der Waals surface area contributed by atoms with Gasteiger partial charge in [-0.25, -0.2) is 0 Å². The molecule has 0 radical (unpaired) electrons. The van der Waals surface area contributed by atoms with Gasteiger partial charge in [0.2, 0.25) is 0 Å². The fourth-order valence-corrected chi connectivity index (χ4v) is 5.37. The van der Waals surface area contributed by atoms with Crippen molar-refractivity contribution in [1.82, 2.24) is 0 Å². The molecule has 3 rings (SSSR count). The van der Waals surface area contributed by atoms with Gasteiger partial charge < -0.3 is 23.3 Å². The molecular formula is C30H31Cl4NO7S. The smallest absolute Gasteiger partial charge is 0.306 e. The molecule has 0 N–H and O–H groups in total. The minimum atomic E-state index is -4.10. The van der Waals surface area contributed by atoms with Crippen LogP contribution >= 0.6 is 46.4 Å². The first-order valence-corrected chi connectivity index (χ1v) is 16.0. The molecule has 0 heterocycles. The van der Waals surface area contributed by atoms with Crippen LogP contribution in [-0.2, 0) is 14.9 Å². The van der Waals surface area contributed by atoms with E-state index in [0.29, 0.717) is 16.7 Å². The van der Waals surface area contributed by atoms with Gasteiger partial charge in [-0.2, -0.15) is 8.42 Å².